The third-order valence-electron chi connectivity index (χ3n) is 4.77. The lowest BCUT2D eigenvalue weighted by Crippen LogP contribution is -2.32. The largest absolute Gasteiger partial charge is 0.493 e. The predicted molar refractivity (Wildman–Crippen MR) is 105 cm³/mol. The second kappa shape index (κ2) is 8.00. The van der Waals surface area contributed by atoms with Crippen molar-refractivity contribution in [3.8, 4) is 23.0 Å². The SMILES string of the molecule is COc1cc(COC(=O)c2ccc3c(c2)CCC(C)(C)O3)cc(OC)c1OC. The van der Waals surface area contributed by atoms with Crippen molar-refractivity contribution >= 4 is 5.97 Å². The highest BCUT2D eigenvalue weighted by molar-refractivity contribution is 5.90. The van der Waals surface area contributed by atoms with Crippen LogP contribution in [-0.4, -0.2) is 32.9 Å². The molecule has 3 rings (SSSR count). The van der Waals surface area contributed by atoms with Crippen LogP contribution in [0.4, 0.5) is 0 Å². The van der Waals surface area contributed by atoms with Crippen LogP contribution < -0.4 is 18.9 Å². The summed E-state index contributed by atoms with van der Waals surface area (Å²) in [5.74, 6) is 1.97. The smallest absolute Gasteiger partial charge is 0.338 e. The topological polar surface area (TPSA) is 63.2 Å². The highest BCUT2D eigenvalue weighted by Crippen LogP contribution is 2.38. The fourth-order valence-corrected chi connectivity index (χ4v) is 3.24. The summed E-state index contributed by atoms with van der Waals surface area (Å²) in [4.78, 5) is 12.5. The van der Waals surface area contributed by atoms with E-state index >= 15 is 0 Å². The lowest BCUT2D eigenvalue weighted by Gasteiger charge is -2.32. The van der Waals surface area contributed by atoms with E-state index in [1.165, 1.54) is 0 Å². The van der Waals surface area contributed by atoms with Crippen molar-refractivity contribution in [2.45, 2.75) is 38.9 Å². The molecule has 0 atom stereocenters. The second-order valence-corrected chi connectivity index (χ2v) is 7.29. The van der Waals surface area contributed by atoms with Gasteiger partial charge in [-0.25, -0.2) is 4.79 Å². The van der Waals surface area contributed by atoms with Crippen molar-refractivity contribution in [2.24, 2.45) is 0 Å². The zero-order valence-electron chi connectivity index (χ0n) is 17.0. The zero-order valence-corrected chi connectivity index (χ0v) is 17.0. The first-order valence-corrected chi connectivity index (χ1v) is 9.15. The average molecular weight is 386 g/mol. The number of carbonyl (C=O) groups is 1. The maximum absolute atomic E-state index is 12.5. The number of hydrogen-bond donors (Lipinski definition) is 0. The molecule has 0 saturated carbocycles. The van der Waals surface area contributed by atoms with Gasteiger partial charge < -0.3 is 23.7 Å². The van der Waals surface area contributed by atoms with Crippen molar-refractivity contribution < 1.29 is 28.5 Å². The summed E-state index contributed by atoms with van der Waals surface area (Å²) in [6.07, 6.45) is 1.78. The van der Waals surface area contributed by atoms with Gasteiger partial charge in [-0.1, -0.05) is 0 Å². The molecule has 0 saturated heterocycles. The molecular weight excluding hydrogens is 360 g/mol. The van der Waals surface area contributed by atoms with Crippen LogP contribution in [0.2, 0.25) is 0 Å². The summed E-state index contributed by atoms with van der Waals surface area (Å²) in [5, 5.41) is 0. The molecule has 0 N–H and O–H groups in total. The van der Waals surface area contributed by atoms with E-state index in [1.807, 2.05) is 12.1 Å². The van der Waals surface area contributed by atoms with E-state index < -0.39 is 0 Å². The number of carbonyl (C=O) groups excluding carboxylic acids is 1. The van der Waals surface area contributed by atoms with Gasteiger partial charge in [0.1, 0.15) is 18.0 Å². The maximum Gasteiger partial charge on any atom is 0.338 e. The number of benzene rings is 2. The van der Waals surface area contributed by atoms with Crippen LogP contribution in [0.25, 0.3) is 0 Å². The molecule has 0 radical (unpaired) electrons. The molecule has 0 fully saturated rings. The van der Waals surface area contributed by atoms with Gasteiger partial charge >= 0.3 is 5.97 Å². The van der Waals surface area contributed by atoms with Crippen LogP contribution in [0.5, 0.6) is 23.0 Å². The van der Waals surface area contributed by atoms with Crippen molar-refractivity contribution in [2.75, 3.05) is 21.3 Å². The van der Waals surface area contributed by atoms with E-state index in [-0.39, 0.29) is 18.2 Å². The first kappa shape index (κ1) is 19.9. The number of aryl methyl sites for hydroxylation is 1. The lowest BCUT2D eigenvalue weighted by molar-refractivity contribution is 0.0471. The Labute approximate surface area is 165 Å². The molecule has 2 aromatic rings. The monoisotopic (exact) mass is 386 g/mol. The Hall–Kier alpha value is -2.89. The van der Waals surface area contributed by atoms with Crippen molar-refractivity contribution in [1.82, 2.24) is 0 Å². The Balaban J connectivity index is 1.73. The molecule has 0 unspecified atom stereocenters. The van der Waals surface area contributed by atoms with Crippen LogP contribution in [0.3, 0.4) is 0 Å². The van der Waals surface area contributed by atoms with Crippen LogP contribution in [-0.2, 0) is 17.8 Å². The summed E-state index contributed by atoms with van der Waals surface area (Å²) in [5.41, 5.74) is 2.10. The van der Waals surface area contributed by atoms with Crippen molar-refractivity contribution in [1.29, 1.82) is 0 Å². The molecule has 1 aliphatic rings. The van der Waals surface area contributed by atoms with Crippen LogP contribution in [0.1, 0.15) is 41.8 Å². The summed E-state index contributed by atoms with van der Waals surface area (Å²) in [6.45, 7) is 4.22. The van der Waals surface area contributed by atoms with E-state index in [9.17, 15) is 4.79 Å². The van der Waals surface area contributed by atoms with Crippen molar-refractivity contribution in [3.05, 3.63) is 47.0 Å². The minimum Gasteiger partial charge on any atom is -0.493 e. The molecule has 150 valence electrons. The van der Waals surface area contributed by atoms with Gasteiger partial charge in [0.25, 0.3) is 0 Å². The summed E-state index contributed by atoms with van der Waals surface area (Å²) < 4.78 is 27.4. The summed E-state index contributed by atoms with van der Waals surface area (Å²) in [6, 6.07) is 8.95. The third kappa shape index (κ3) is 4.16. The minimum absolute atomic E-state index is 0.0934. The zero-order chi connectivity index (χ0) is 20.3. The first-order chi connectivity index (χ1) is 13.4. The highest BCUT2D eigenvalue weighted by atomic mass is 16.5. The summed E-state index contributed by atoms with van der Waals surface area (Å²) in [7, 11) is 4.63. The number of hydrogen-bond acceptors (Lipinski definition) is 6. The van der Waals surface area contributed by atoms with Crippen molar-refractivity contribution in [3.63, 3.8) is 0 Å². The molecule has 0 aliphatic carbocycles. The van der Waals surface area contributed by atoms with Gasteiger partial charge in [0, 0.05) is 0 Å². The van der Waals surface area contributed by atoms with Crippen LogP contribution in [0, 0.1) is 0 Å². The summed E-state index contributed by atoms with van der Waals surface area (Å²) >= 11 is 0. The maximum atomic E-state index is 12.5. The Kier molecular flexibility index (Phi) is 5.68. The minimum atomic E-state index is -0.388. The molecule has 28 heavy (non-hydrogen) atoms. The lowest BCUT2D eigenvalue weighted by atomic mass is 9.93. The average Bonchev–Trinajstić information content (AvgIpc) is 2.69. The van der Waals surface area contributed by atoms with E-state index in [4.69, 9.17) is 23.7 Å². The van der Waals surface area contributed by atoms with Gasteiger partial charge in [-0.3, -0.25) is 0 Å². The predicted octanol–water partition coefficient (Wildman–Crippen LogP) is 4.17. The molecule has 2 aromatic carbocycles. The molecule has 0 aromatic heterocycles. The molecular formula is C22H26O6. The molecule has 0 spiro atoms. The second-order valence-electron chi connectivity index (χ2n) is 7.29. The highest BCUT2D eigenvalue weighted by Gasteiger charge is 2.27. The Morgan fingerprint density at radius 2 is 1.71 bits per heavy atom. The Bertz CT molecular complexity index is 846. The number of esters is 1. The molecule has 6 heteroatoms. The first-order valence-electron chi connectivity index (χ1n) is 9.15. The molecule has 1 heterocycles. The normalized spacial score (nSPS) is 14.5. The van der Waals surface area contributed by atoms with Gasteiger partial charge in [0.2, 0.25) is 5.75 Å². The van der Waals surface area contributed by atoms with E-state index in [0.717, 1.165) is 29.7 Å². The van der Waals surface area contributed by atoms with E-state index in [2.05, 4.69) is 13.8 Å². The van der Waals surface area contributed by atoms with E-state index in [0.29, 0.717) is 22.8 Å². The van der Waals surface area contributed by atoms with Gasteiger partial charge in [-0.15, -0.1) is 0 Å². The molecule has 0 bridgehead atoms. The van der Waals surface area contributed by atoms with Gasteiger partial charge in [-0.05, 0) is 68.1 Å². The number of methoxy groups -OCH3 is 3. The third-order valence-corrected chi connectivity index (χ3v) is 4.77. The molecule has 0 amide bonds. The Morgan fingerprint density at radius 3 is 2.32 bits per heavy atom. The number of rotatable bonds is 6. The van der Waals surface area contributed by atoms with Crippen LogP contribution in [0.15, 0.2) is 30.3 Å². The quantitative estimate of drug-likeness (QED) is 0.694. The van der Waals surface area contributed by atoms with Gasteiger partial charge in [0.15, 0.2) is 11.5 Å². The van der Waals surface area contributed by atoms with E-state index in [1.54, 1.807) is 39.5 Å². The van der Waals surface area contributed by atoms with Crippen LogP contribution >= 0.6 is 0 Å². The van der Waals surface area contributed by atoms with Gasteiger partial charge in [0.05, 0.1) is 26.9 Å². The fourth-order valence-electron chi connectivity index (χ4n) is 3.24. The molecule has 6 nitrogen and oxygen atoms in total. The standard InChI is InChI=1S/C22H26O6/c1-22(2)9-8-15-12-16(6-7-17(15)28-22)21(23)27-13-14-10-18(24-3)20(26-5)19(11-14)25-4/h6-7,10-12H,8-9,13H2,1-5H3. The molecule has 1 aliphatic heterocycles. The Morgan fingerprint density at radius 1 is 1.04 bits per heavy atom. The van der Waals surface area contributed by atoms with Gasteiger partial charge in [-0.2, -0.15) is 0 Å². The number of fused-ring (bicyclic) bond motifs is 1. The fraction of sp³-hybridized carbons (Fsp3) is 0.409. The number of ether oxygens (including phenoxy) is 5.